The molecule has 2 nitrogen and oxygen atoms in total. The van der Waals surface area contributed by atoms with E-state index < -0.39 is 0 Å². The maximum Gasteiger partial charge on any atom is 0.0616 e. The van der Waals surface area contributed by atoms with Crippen LogP contribution in [0.25, 0.3) is 0 Å². The fraction of sp³-hybridized carbons (Fsp3) is 0.600. The summed E-state index contributed by atoms with van der Waals surface area (Å²) in [4.78, 5) is 0. The van der Waals surface area contributed by atoms with E-state index in [0.717, 1.165) is 19.3 Å². The normalized spacial score (nSPS) is 16.5. The molecule has 0 aliphatic rings. The highest BCUT2D eigenvalue weighted by atomic mass is 16.3. The molecule has 2 unspecified atom stereocenters. The zero-order valence-corrected chi connectivity index (χ0v) is 11.2. The molecular formula is C15H25NO. The van der Waals surface area contributed by atoms with Gasteiger partial charge in [-0.3, -0.25) is 0 Å². The fourth-order valence-electron chi connectivity index (χ4n) is 2.10. The van der Waals surface area contributed by atoms with E-state index in [1.54, 1.807) is 0 Å². The predicted octanol–water partition coefficient (Wildman–Crippen LogP) is 2.76. The molecule has 2 heteroatoms. The molecule has 0 fully saturated rings. The van der Waals surface area contributed by atoms with Gasteiger partial charge in [-0.2, -0.15) is 0 Å². The minimum atomic E-state index is -0.184. The van der Waals surface area contributed by atoms with Crippen LogP contribution in [0.1, 0.15) is 39.2 Å². The molecule has 0 heterocycles. The Hall–Kier alpha value is -0.860. The van der Waals surface area contributed by atoms with Crippen molar-refractivity contribution < 1.29 is 5.11 Å². The molecule has 0 bridgehead atoms. The predicted molar refractivity (Wildman–Crippen MR) is 73.1 cm³/mol. The molecular weight excluding hydrogens is 210 g/mol. The Labute approximate surface area is 105 Å². The topological polar surface area (TPSA) is 32.3 Å². The Morgan fingerprint density at radius 1 is 1.24 bits per heavy atom. The monoisotopic (exact) mass is 235 g/mol. The summed E-state index contributed by atoms with van der Waals surface area (Å²) < 4.78 is 0. The number of benzene rings is 1. The van der Waals surface area contributed by atoms with Crippen LogP contribution in [-0.2, 0) is 6.42 Å². The second-order valence-electron chi connectivity index (χ2n) is 4.91. The molecule has 17 heavy (non-hydrogen) atoms. The maximum atomic E-state index is 9.72. The standard InChI is InChI=1S/C15H25NO/c1-4-13(3)16-15(5-2,12-17)11-14-9-7-6-8-10-14/h6-10,13,16-17H,4-5,11-12H2,1-3H3. The molecule has 0 aliphatic heterocycles. The van der Waals surface area contributed by atoms with Gasteiger partial charge >= 0.3 is 0 Å². The smallest absolute Gasteiger partial charge is 0.0616 e. The molecule has 0 aliphatic carbocycles. The van der Waals surface area contributed by atoms with Crippen molar-refractivity contribution in [2.75, 3.05) is 6.61 Å². The summed E-state index contributed by atoms with van der Waals surface area (Å²) >= 11 is 0. The third kappa shape index (κ3) is 4.14. The van der Waals surface area contributed by atoms with E-state index in [4.69, 9.17) is 0 Å². The first-order valence-electron chi connectivity index (χ1n) is 6.58. The van der Waals surface area contributed by atoms with Crippen LogP contribution in [0.15, 0.2) is 30.3 Å². The van der Waals surface area contributed by atoms with Crippen LogP contribution < -0.4 is 5.32 Å². The van der Waals surface area contributed by atoms with Crippen molar-refractivity contribution in [1.82, 2.24) is 5.32 Å². The summed E-state index contributed by atoms with van der Waals surface area (Å²) in [5.74, 6) is 0. The Balaban J connectivity index is 2.77. The molecule has 1 aromatic rings. The van der Waals surface area contributed by atoms with Crippen molar-refractivity contribution in [2.45, 2.75) is 51.6 Å². The van der Waals surface area contributed by atoms with Gasteiger partial charge in [0.2, 0.25) is 0 Å². The van der Waals surface area contributed by atoms with E-state index in [9.17, 15) is 5.11 Å². The summed E-state index contributed by atoms with van der Waals surface area (Å²) in [6, 6.07) is 10.8. The van der Waals surface area contributed by atoms with Crippen LogP contribution in [0.5, 0.6) is 0 Å². The van der Waals surface area contributed by atoms with Crippen molar-refractivity contribution in [3.8, 4) is 0 Å². The lowest BCUT2D eigenvalue weighted by Crippen LogP contribution is -2.53. The first-order valence-corrected chi connectivity index (χ1v) is 6.58. The minimum absolute atomic E-state index is 0.183. The molecule has 2 atom stereocenters. The lowest BCUT2D eigenvalue weighted by molar-refractivity contribution is 0.142. The van der Waals surface area contributed by atoms with Gasteiger partial charge in [-0.1, -0.05) is 44.2 Å². The first kappa shape index (κ1) is 14.2. The maximum absolute atomic E-state index is 9.72. The highest BCUT2D eigenvalue weighted by Crippen LogP contribution is 2.18. The zero-order valence-electron chi connectivity index (χ0n) is 11.2. The summed E-state index contributed by atoms with van der Waals surface area (Å²) in [6.45, 7) is 6.65. The fourth-order valence-corrected chi connectivity index (χ4v) is 2.10. The molecule has 0 saturated carbocycles. The van der Waals surface area contributed by atoms with Gasteiger partial charge in [-0.05, 0) is 31.7 Å². The molecule has 96 valence electrons. The van der Waals surface area contributed by atoms with Crippen LogP contribution in [-0.4, -0.2) is 23.3 Å². The summed E-state index contributed by atoms with van der Waals surface area (Å²) in [6.07, 6.45) is 2.89. The van der Waals surface area contributed by atoms with Crippen molar-refractivity contribution in [1.29, 1.82) is 0 Å². The van der Waals surface area contributed by atoms with Crippen LogP contribution >= 0.6 is 0 Å². The van der Waals surface area contributed by atoms with E-state index in [1.165, 1.54) is 5.56 Å². The van der Waals surface area contributed by atoms with Gasteiger partial charge < -0.3 is 10.4 Å². The lowest BCUT2D eigenvalue weighted by atomic mass is 9.88. The van der Waals surface area contributed by atoms with Crippen molar-refractivity contribution in [2.24, 2.45) is 0 Å². The highest BCUT2D eigenvalue weighted by Gasteiger charge is 2.28. The average Bonchev–Trinajstić information content (AvgIpc) is 2.39. The highest BCUT2D eigenvalue weighted by molar-refractivity contribution is 5.18. The Bertz CT molecular complexity index is 306. The molecule has 0 amide bonds. The van der Waals surface area contributed by atoms with Gasteiger partial charge in [0.05, 0.1) is 6.61 Å². The number of rotatable bonds is 7. The molecule has 0 saturated heterocycles. The number of hydrogen-bond donors (Lipinski definition) is 2. The number of nitrogens with one attached hydrogen (secondary N) is 1. The minimum Gasteiger partial charge on any atom is -0.394 e. The largest absolute Gasteiger partial charge is 0.394 e. The average molecular weight is 235 g/mol. The SMILES string of the molecule is CCC(C)NC(CC)(CO)Cc1ccccc1. The van der Waals surface area contributed by atoms with E-state index >= 15 is 0 Å². The van der Waals surface area contributed by atoms with Crippen LogP contribution in [0, 0.1) is 0 Å². The van der Waals surface area contributed by atoms with E-state index in [1.807, 2.05) is 6.07 Å². The quantitative estimate of drug-likeness (QED) is 0.761. The van der Waals surface area contributed by atoms with Gasteiger partial charge in [0.1, 0.15) is 0 Å². The van der Waals surface area contributed by atoms with Crippen molar-refractivity contribution >= 4 is 0 Å². The Kier molecular flexibility index (Phi) is 5.66. The third-order valence-electron chi connectivity index (χ3n) is 3.53. The molecule has 0 radical (unpaired) electrons. The molecule has 2 N–H and O–H groups in total. The summed E-state index contributed by atoms with van der Waals surface area (Å²) in [5, 5.41) is 13.3. The van der Waals surface area contributed by atoms with Gasteiger partial charge in [0.25, 0.3) is 0 Å². The number of aliphatic hydroxyl groups excluding tert-OH is 1. The number of aliphatic hydroxyl groups is 1. The second-order valence-corrected chi connectivity index (χ2v) is 4.91. The van der Waals surface area contributed by atoms with Gasteiger partial charge in [-0.25, -0.2) is 0 Å². The van der Waals surface area contributed by atoms with E-state index in [0.29, 0.717) is 6.04 Å². The van der Waals surface area contributed by atoms with Gasteiger partial charge in [0.15, 0.2) is 0 Å². The Morgan fingerprint density at radius 2 is 1.88 bits per heavy atom. The summed E-state index contributed by atoms with van der Waals surface area (Å²) in [5.41, 5.74) is 1.09. The number of hydrogen-bond acceptors (Lipinski definition) is 2. The molecule has 1 aromatic carbocycles. The van der Waals surface area contributed by atoms with Crippen molar-refractivity contribution in [3.63, 3.8) is 0 Å². The van der Waals surface area contributed by atoms with Crippen LogP contribution in [0.2, 0.25) is 0 Å². The van der Waals surface area contributed by atoms with Gasteiger partial charge in [-0.15, -0.1) is 0 Å². The van der Waals surface area contributed by atoms with Crippen LogP contribution in [0.3, 0.4) is 0 Å². The molecule has 1 rings (SSSR count). The van der Waals surface area contributed by atoms with Crippen LogP contribution in [0.4, 0.5) is 0 Å². The molecule has 0 aromatic heterocycles. The van der Waals surface area contributed by atoms with Gasteiger partial charge in [0, 0.05) is 11.6 Å². The molecule has 0 spiro atoms. The lowest BCUT2D eigenvalue weighted by Gasteiger charge is -2.35. The second kappa shape index (κ2) is 6.77. The van der Waals surface area contributed by atoms with E-state index in [2.05, 4.69) is 50.4 Å². The zero-order chi connectivity index (χ0) is 12.7. The summed E-state index contributed by atoms with van der Waals surface area (Å²) in [7, 11) is 0. The first-order chi connectivity index (χ1) is 8.15. The third-order valence-corrected chi connectivity index (χ3v) is 3.53. The Morgan fingerprint density at radius 3 is 2.35 bits per heavy atom. The van der Waals surface area contributed by atoms with Crippen molar-refractivity contribution in [3.05, 3.63) is 35.9 Å². The van der Waals surface area contributed by atoms with E-state index in [-0.39, 0.29) is 12.1 Å².